The van der Waals surface area contributed by atoms with E-state index in [2.05, 4.69) is 0 Å². The summed E-state index contributed by atoms with van der Waals surface area (Å²) in [6.45, 7) is 5.10. The number of aliphatic hydroxyl groups is 1. The summed E-state index contributed by atoms with van der Waals surface area (Å²) in [7, 11) is 0. The normalized spacial score (nSPS) is 11.6. The molecule has 3 aromatic rings. The Morgan fingerprint density at radius 1 is 1.18 bits per heavy atom. The summed E-state index contributed by atoms with van der Waals surface area (Å²) >= 11 is 0. The fraction of sp³-hybridized carbons (Fsp3) is 0.286. The lowest BCUT2D eigenvalue weighted by atomic mass is 10.1. The molecule has 0 radical (unpaired) electrons. The number of nitrogens with zero attached hydrogens (tertiary/aromatic N) is 2. The number of hydrogen-bond donors (Lipinski definition) is 1. The van der Waals surface area contributed by atoms with Crippen LogP contribution >= 0.6 is 0 Å². The van der Waals surface area contributed by atoms with Crippen LogP contribution in [0.25, 0.3) is 22.2 Å². The van der Waals surface area contributed by atoms with Crippen molar-refractivity contribution in [3.05, 3.63) is 64.2 Å². The maximum atomic E-state index is 13.0. The third kappa shape index (κ3) is 3.89. The first kappa shape index (κ1) is 19.6. The first-order valence-electron chi connectivity index (χ1n) is 8.93. The summed E-state index contributed by atoms with van der Waals surface area (Å²) in [5.41, 5.74) is 1.10. The number of non-ortho nitro benzene ring substituents is 1. The van der Waals surface area contributed by atoms with Gasteiger partial charge in [0.05, 0.1) is 10.6 Å². The lowest BCUT2D eigenvalue weighted by Gasteiger charge is -2.21. The number of hydrogen-bond acceptors (Lipinski definition) is 5. The van der Waals surface area contributed by atoms with Crippen LogP contribution in [0.4, 0.5) is 10.5 Å². The average molecular weight is 382 g/mol. The minimum atomic E-state index is -0.757. The lowest BCUT2D eigenvalue weighted by molar-refractivity contribution is -0.383. The fourth-order valence-corrected chi connectivity index (χ4v) is 3.12. The van der Waals surface area contributed by atoms with Crippen LogP contribution in [0.1, 0.15) is 26.3 Å². The minimum absolute atomic E-state index is 0.124. The number of benzene rings is 2. The van der Waals surface area contributed by atoms with E-state index in [1.807, 2.05) is 30.3 Å². The van der Waals surface area contributed by atoms with Crippen LogP contribution in [-0.2, 0) is 11.2 Å². The van der Waals surface area contributed by atoms with Crippen LogP contribution in [0, 0.1) is 10.1 Å². The predicted octanol–water partition coefficient (Wildman–Crippen LogP) is 4.53. The number of aliphatic hydroxyl groups excluding tert-OH is 1. The third-order valence-electron chi connectivity index (χ3n) is 4.18. The molecule has 7 nitrogen and oxygen atoms in total. The Hall–Kier alpha value is -3.19. The van der Waals surface area contributed by atoms with Gasteiger partial charge in [-0.1, -0.05) is 30.3 Å². The summed E-state index contributed by atoms with van der Waals surface area (Å²) < 4.78 is 6.79. The molecule has 28 heavy (non-hydrogen) atoms. The van der Waals surface area contributed by atoms with Gasteiger partial charge in [-0.25, -0.2) is 9.36 Å². The molecule has 3 rings (SSSR count). The van der Waals surface area contributed by atoms with Crippen molar-refractivity contribution in [3.63, 3.8) is 0 Å². The number of aromatic nitrogens is 1. The van der Waals surface area contributed by atoms with Crippen molar-refractivity contribution in [3.8, 4) is 11.3 Å². The minimum Gasteiger partial charge on any atom is -0.443 e. The van der Waals surface area contributed by atoms with Crippen molar-refractivity contribution in [2.45, 2.75) is 32.8 Å². The number of rotatable bonds is 4. The van der Waals surface area contributed by atoms with Crippen LogP contribution in [0.15, 0.2) is 48.5 Å². The van der Waals surface area contributed by atoms with E-state index in [0.29, 0.717) is 16.6 Å². The quantitative estimate of drug-likeness (QED) is 0.528. The Bertz CT molecular complexity index is 1030. The molecule has 0 fully saturated rings. The Labute approximate surface area is 162 Å². The molecule has 0 atom stereocenters. The van der Waals surface area contributed by atoms with Crippen LogP contribution in [0.5, 0.6) is 0 Å². The van der Waals surface area contributed by atoms with E-state index in [1.54, 1.807) is 32.9 Å². The van der Waals surface area contributed by atoms with E-state index in [-0.39, 0.29) is 24.2 Å². The number of nitro benzene ring substituents is 1. The third-order valence-corrected chi connectivity index (χ3v) is 4.18. The standard InChI is InChI=1S/C21H22N2O5/c1-21(2,3)28-20(25)22-17(15-7-5-4-6-8-15)13-16-11-14(9-10-24)12-18(19(16)22)23(26)27/h4-8,11-13,24H,9-10H2,1-3H3. The van der Waals surface area contributed by atoms with Crippen LogP contribution < -0.4 is 0 Å². The van der Waals surface area contributed by atoms with Gasteiger partial charge in [-0.2, -0.15) is 0 Å². The van der Waals surface area contributed by atoms with Gasteiger partial charge in [-0.3, -0.25) is 10.1 Å². The Morgan fingerprint density at radius 2 is 1.86 bits per heavy atom. The molecular weight excluding hydrogens is 360 g/mol. The molecule has 0 saturated carbocycles. The van der Waals surface area contributed by atoms with Gasteiger partial charge in [0.25, 0.3) is 5.69 Å². The van der Waals surface area contributed by atoms with Crippen molar-refractivity contribution in [2.24, 2.45) is 0 Å². The van der Waals surface area contributed by atoms with Gasteiger partial charge in [0, 0.05) is 18.1 Å². The molecule has 0 unspecified atom stereocenters. The molecule has 0 spiro atoms. The van der Waals surface area contributed by atoms with Gasteiger partial charge in [0.2, 0.25) is 0 Å². The highest BCUT2D eigenvalue weighted by Crippen LogP contribution is 2.35. The molecule has 146 valence electrons. The van der Waals surface area contributed by atoms with Gasteiger partial charge in [-0.15, -0.1) is 0 Å². The highest BCUT2D eigenvalue weighted by molar-refractivity contribution is 6.01. The topological polar surface area (TPSA) is 94.6 Å². The van der Waals surface area contributed by atoms with Crippen LogP contribution in [0.2, 0.25) is 0 Å². The van der Waals surface area contributed by atoms with E-state index in [4.69, 9.17) is 4.74 Å². The summed E-state index contributed by atoms with van der Waals surface area (Å²) in [4.78, 5) is 24.2. The van der Waals surface area contributed by atoms with E-state index in [1.165, 1.54) is 10.6 Å². The zero-order chi connectivity index (χ0) is 20.5. The lowest BCUT2D eigenvalue weighted by Crippen LogP contribution is -2.27. The first-order valence-corrected chi connectivity index (χ1v) is 8.93. The highest BCUT2D eigenvalue weighted by atomic mass is 16.6. The summed E-state index contributed by atoms with van der Waals surface area (Å²) in [5, 5.41) is 21.5. The monoisotopic (exact) mass is 382 g/mol. The van der Waals surface area contributed by atoms with Crippen molar-refractivity contribution < 1.29 is 19.6 Å². The molecule has 2 aromatic carbocycles. The van der Waals surface area contributed by atoms with E-state index in [0.717, 1.165) is 5.56 Å². The van der Waals surface area contributed by atoms with E-state index < -0.39 is 16.6 Å². The number of carbonyl (C=O) groups excluding carboxylic acids is 1. The first-order chi connectivity index (χ1) is 13.2. The second kappa shape index (κ2) is 7.44. The Morgan fingerprint density at radius 3 is 2.43 bits per heavy atom. The van der Waals surface area contributed by atoms with E-state index in [9.17, 15) is 20.0 Å². The molecule has 1 N–H and O–H groups in total. The second-order valence-electron chi connectivity index (χ2n) is 7.49. The van der Waals surface area contributed by atoms with Gasteiger partial charge in [0.1, 0.15) is 11.1 Å². The molecule has 1 heterocycles. The van der Waals surface area contributed by atoms with Gasteiger partial charge in [0.15, 0.2) is 0 Å². The molecule has 0 aliphatic rings. The van der Waals surface area contributed by atoms with Crippen molar-refractivity contribution in [1.82, 2.24) is 4.57 Å². The summed E-state index contributed by atoms with van der Waals surface area (Å²) in [6.07, 6.45) is -0.394. The number of nitro groups is 1. The van der Waals surface area contributed by atoms with Crippen molar-refractivity contribution >= 4 is 22.7 Å². The van der Waals surface area contributed by atoms with Gasteiger partial charge in [-0.05, 0) is 50.5 Å². The summed E-state index contributed by atoms with van der Waals surface area (Å²) in [6, 6.07) is 14.1. The molecule has 7 heteroatoms. The predicted molar refractivity (Wildman–Crippen MR) is 106 cm³/mol. The summed E-state index contributed by atoms with van der Waals surface area (Å²) in [5.74, 6) is 0. The van der Waals surface area contributed by atoms with Crippen LogP contribution in [0.3, 0.4) is 0 Å². The van der Waals surface area contributed by atoms with Crippen molar-refractivity contribution in [2.75, 3.05) is 6.61 Å². The van der Waals surface area contributed by atoms with Crippen LogP contribution in [-0.4, -0.2) is 32.9 Å². The Balaban J connectivity index is 2.35. The molecule has 0 aliphatic carbocycles. The largest absolute Gasteiger partial charge is 0.443 e. The molecule has 0 aliphatic heterocycles. The molecule has 0 amide bonds. The maximum Gasteiger partial charge on any atom is 0.419 e. The number of carbonyl (C=O) groups is 1. The zero-order valence-corrected chi connectivity index (χ0v) is 16.0. The molecular formula is C21H22N2O5. The molecule has 0 saturated heterocycles. The Kier molecular flexibility index (Phi) is 5.20. The van der Waals surface area contributed by atoms with Gasteiger partial charge < -0.3 is 9.84 Å². The van der Waals surface area contributed by atoms with Gasteiger partial charge >= 0.3 is 6.09 Å². The number of fused-ring (bicyclic) bond motifs is 1. The van der Waals surface area contributed by atoms with Crippen molar-refractivity contribution in [1.29, 1.82) is 0 Å². The number of ether oxygens (including phenoxy) is 1. The second-order valence-corrected chi connectivity index (χ2v) is 7.49. The zero-order valence-electron chi connectivity index (χ0n) is 16.0. The maximum absolute atomic E-state index is 13.0. The molecule has 1 aromatic heterocycles. The average Bonchev–Trinajstić information content (AvgIpc) is 3.00. The highest BCUT2D eigenvalue weighted by Gasteiger charge is 2.28. The molecule has 0 bridgehead atoms. The fourth-order valence-electron chi connectivity index (χ4n) is 3.12. The SMILES string of the molecule is CC(C)(C)OC(=O)n1c(-c2ccccc2)cc2cc(CCO)cc([N+](=O)[O-])c21. The van der Waals surface area contributed by atoms with E-state index >= 15 is 0 Å². The smallest absolute Gasteiger partial charge is 0.419 e.